The van der Waals surface area contributed by atoms with Crippen LogP contribution in [0.1, 0.15) is 26.3 Å². The lowest BCUT2D eigenvalue weighted by Gasteiger charge is -2.19. The predicted octanol–water partition coefficient (Wildman–Crippen LogP) is 5.06. The Kier molecular flexibility index (Phi) is 10.0. The van der Waals surface area contributed by atoms with E-state index in [1.807, 2.05) is 0 Å². The minimum absolute atomic E-state index is 0.0549. The molecule has 34 heavy (non-hydrogen) atoms. The number of rotatable bonds is 11. The SMILES string of the molecule is CCN(CC)CCOc1ccc(NC(=O)COc2ccc(C(F)(F)F)cc2Cl)cc1NC(C)=O. The number of carbonyl (C=O) groups excluding carboxylic acids is 2. The molecule has 0 heterocycles. The highest BCUT2D eigenvalue weighted by Gasteiger charge is 2.31. The fraction of sp³-hybridized carbons (Fsp3) is 0.391. The van der Waals surface area contributed by atoms with E-state index < -0.39 is 24.3 Å². The lowest BCUT2D eigenvalue weighted by Crippen LogP contribution is -2.28. The van der Waals surface area contributed by atoms with Crippen molar-refractivity contribution in [2.75, 3.05) is 43.5 Å². The van der Waals surface area contributed by atoms with Crippen LogP contribution in [0.15, 0.2) is 36.4 Å². The molecule has 0 atom stereocenters. The third-order valence-corrected chi connectivity index (χ3v) is 5.05. The van der Waals surface area contributed by atoms with Crippen LogP contribution in [0.4, 0.5) is 24.5 Å². The van der Waals surface area contributed by atoms with Gasteiger partial charge in [-0.15, -0.1) is 0 Å². The van der Waals surface area contributed by atoms with Gasteiger partial charge in [-0.1, -0.05) is 25.4 Å². The first kappa shape index (κ1) is 27.3. The van der Waals surface area contributed by atoms with Crippen LogP contribution in [0.3, 0.4) is 0 Å². The second-order valence-corrected chi connectivity index (χ2v) is 7.65. The van der Waals surface area contributed by atoms with Crippen LogP contribution >= 0.6 is 11.6 Å². The minimum atomic E-state index is -4.54. The molecule has 11 heteroatoms. The van der Waals surface area contributed by atoms with Gasteiger partial charge in [0, 0.05) is 19.2 Å². The van der Waals surface area contributed by atoms with Gasteiger partial charge in [0.25, 0.3) is 5.91 Å². The predicted molar refractivity (Wildman–Crippen MR) is 125 cm³/mol. The lowest BCUT2D eigenvalue weighted by molar-refractivity contribution is -0.137. The second kappa shape index (κ2) is 12.5. The Hall–Kier alpha value is -2.98. The molecular formula is C23H27ClF3N3O4. The first-order chi connectivity index (χ1) is 16.0. The van der Waals surface area contributed by atoms with E-state index in [1.54, 1.807) is 12.1 Å². The van der Waals surface area contributed by atoms with Crippen LogP contribution in [0.5, 0.6) is 11.5 Å². The molecule has 0 saturated carbocycles. The zero-order valence-corrected chi connectivity index (χ0v) is 19.8. The van der Waals surface area contributed by atoms with Gasteiger partial charge in [0.05, 0.1) is 16.3 Å². The zero-order valence-electron chi connectivity index (χ0n) is 19.1. The zero-order chi connectivity index (χ0) is 25.3. The molecule has 0 radical (unpaired) electrons. The first-order valence-corrected chi connectivity index (χ1v) is 11.0. The summed E-state index contributed by atoms with van der Waals surface area (Å²) in [5, 5.41) is 5.00. The fourth-order valence-corrected chi connectivity index (χ4v) is 3.22. The van der Waals surface area contributed by atoms with Gasteiger partial charge in [-0.2, -0.15) is 13.2 Å². The van der Waals surface area contributed by atoms with Crippen LogP contribution in [0, 0.1) is 0 Å². The quantitative estimate of drug-likeness (QED) is 0.450. The number of nitrogens with zero attached hydrogens (tertiary/aromatic N) is 1. The van der Waals surface area contributed by atoms with E-state index >= 15 is 0 Å². The van der Waals surface area contributed by atoms with Gasteiger partial charge in [-0.25, -0.2) is 0 Å². The van der Waals surface area contributed by atoms with E-state index in [0.717, 1.165) is 37.8 Å². The summed E-state index contributed by atoms with van der Waals surface area (Å²) in [5.41, 5.74) is -0.164. The Morgan fingerprint density at radius 3 is 2.26 bits per heavy atom. The number of hydrogen-bond acceptors (Lipinski definition) is 5. The third-order valence-electron chi connectivity index (χ3n) is 4.75. The summed E-state index contributed by atoms with van der Waals surface area (Å²) in [7, 11) is 0. The molecule has 0 aliphatic carbocycles. The molecule has 2 aromatic carbocycles. The Bertz CT molecular complexity index is 998. The Labute approximate surface area is 201 Å². The van der Waals surface area contributed by atoms with Crippen molar-refractivity contribution in [2.45, 2.75) is 26.9 Å². The number of anilines is 2. The van der Waals surface area contributed by atoms with Crippen molar-refractivity contribution < 1.29 is 32.2 Å². The van der Waals surface area contributed by atoms with Crippen LogP contribution < -0.4 is 20.1 Å². The monoisotopic (exact) mass is 501 g/mol. The number of amides is 2. The number of alkyl halides is 3. The summed E-state index contributed by atoms with van der Waals surface area (Å²) in [6, 6.07) is 7.36. The smallest absolute Gasteiger partial charge is 0.416 e. The maximum absolute atomic E-state index is 12.7. The van der Waals surface area contributed by atoms with Crippen molar-refractivity contribution >= 4 is 34.8 Å². The summed E-state index contributed by atoms with van der Waals surface area (Å²) in [4.78, 5) is 26.0. The molecule has 0 saturated heterocycles. The summed E-state index contributed by atoms with van der Waals surface area (Å²) < 4.78 is 49.2. The standard InChI is InChI=1S/C23H27ClF3N3O4/c1-4-30(5-2)10-11-33-21-9-7-17(13-19(21)28-15(3)31)29-22(32)14-34-20-8-6-16(12-18(20)24)23(25,26)27/h6-9,12-13H,4-5,10-11,14H2,1-3H3,(H,28,31)(H,29,32). The fourth-order valence-electron chi connectivity index (χ4n) is 2.98. The maximum atomic E-state index is 12.7. The molecule has 0 fully saturated rings. The highest BCUT2D eigenvalue weighted by molar-refractivity contribution is 6.32. The molecule has 0 bridgehead atoms. The number of carbonyl (C=O) groups is 2. The number of halogens is 4. The van der Waals surface area contributed by atoms with E-state index in [0.29, 0.717) is 23.7 Å². The van der Waals surface area contributed by atoms with Crippen molar-refractivity contribution in [1.29, 1.82) is 0 Å². The minimum Gasteiger partial charge on any atom is -0.490 e. The molecule has 2 amide bonds. The highest BCUT2D eigenvalue weighted by atomic mass is 35.5. The van der Waals surface area contributed by atoms with E-state index in [9.17, 15) is 22.8 Å². The van der Waals surface area contributed by atoms with Crippen LogP contribution in [0.2, 0.25) is 5.02 Å². The largest absolute Gasteiger partial charge is 0.490 e. The van der Waals surface area contributed by atoms with E-state index in [2.05, 4.69) is 29.4 Å². The average Bonchev–Trinajstić information content (AvgIpc) is 2.76. The highest BCUT2D eigenvalue weighted by Crippen LogP contribution is 2.34. The topological polar surface area (TPSA) is 79.9 Å². The molecular weight excluding hydrogens is 475 g/mol. The third kappa shape index (κ3) is 8.42. The van der Waals surface area contributed by atoms with Crippen molar-refractivity contribution in [3.05, 3.63) is 47.0 Å². The van der Waals surface area contributed by atoms with Gasteiger partial charge in [0.1, 0.15) is 18.1 Å². The second-order valence-electron chi connectivity index (χ2n) is 7.25. The molecule has 0 aromatic heterocycles. The van der Waals surface area contributed by atoms with Gasteiger partial charge >= 0.3 is 6.18 Å². The molecule has 0 unspecified atom stereocenters. The molecule has 0 aliphatic rings. The molecule has 2 N–H and O–H groups in total. The first-order valence-electron chi connectivity index (χ1n) is 10.6. The van der Waals surface area contributed by atoms with E-state index in [1.165, 1.54) is 13.0 Å². The normalized spacial score (nSPS) is 11.3. The van der Waals surface area contributed by atoms with E-state index in [-0.39, 0.29) is 16.7 Å². The number of likely N-dealkylation sites (N-methyl/N-ethyl adjacent to an activating group) is 1. The Balaban J connectivity index is 2.01. The van der Waals surface area contributed by atoms with Gasteiger partial charge in [0.15, 0.2) is 6.61 Å². The van der Waals surface area contributed by atoms with Crippen molar-refractivity contribution in [3.8, 4) is 11.5 Å². The number of hydrogen-bond donors (Lipinski definition) is 2. The van der Waals surface area contributed by atoms with Crippen LogP contribution in [0.25, 0.3) is 0 Å². The maximum Gasteiger partial charge on any atom is 0.416 e. The summed E-state index contributed by atoms with van der Waals surface area (Å²) >= 11 is 5.83. The molecule has 186 valence electrons. The van der Waals surface area contributed by atoms with Crippen molar-refractivity contribution in [1.82, 2.24) is 4.90 Å². The number of ether oxygens (including phenoxy) is 2. The van der Waals surface area contributed by atoms with Crippen LogP contribution in [-0.2, 0) is 15.8 Å². The number of benzene rings is 2. The van der Waals surface area contributed by atoms with Crippen molar-refractivity contribution in [2.24, 2.45) is 0 Å². The molecule has 2 aromatic rings. The Morgan fingerprint density at radius 2 is 1.68 bits per heavy atom. The van der Waals surface area contributed by atoms with Gasteiger partial charge in [-0.3, -0.25) is 9.59 Å². The summed E-state index contributed by atoms with van der Waals surface area (Å²) in [6.07, 6.45) is -4.54. The lowest BCUT2D eigenvalue weighted by atomic mass is 10.2. The van der Waals surface area contributed by atoms with Crippen LogP contribution in [-0.4, -0.2) is 49.6 Å². The average molecular weight is 502 g/mol. The van der Waals surface area contributed by atoms with Gasteiger partial charge in [0.2, 0.25) is 5.91 Å². The molecule has 0 aliphatic heterocycles. The Morgan fingerprint density at radius 1 is 1.00 bits per heavy atom. The molecule has 7 nitrogen and oxygen atoms in total. The van der Waals surface area contributed by atoms with E-state index in [4.69, 9.17) is 21.1 Å². The molecule has 0 spiro atoms. The number of nitrogens with one attached hydrogen (secondary N) is 2. The van der Waals surface area contributed by atoms with Gasteiger partial charge < -0.3 is 25.0 Å². The van der Waals surface area contributed by atoms with Gasteiger partial charge in [-0.05, 0) is 49.5 Å². The molecule has 2 rings (SSSR count). The van der Waals surface area contributed by atoms with Crippen molar-refractivity contribution in [3.63, 3.8) is 0 Å². The summed E-state index contributed by atoms with van der Waals surface area (Å²) in [5.74, 6) is -0.480. The summed E-state index contributed by atoms with van der Waals surface area (Å²) in [6.45, 7) is 7.90.